The summed E-state index contributed by atoms with van der Waals surface area (Å²) in [6, 6.07) is 9.94. The number of nitrogens with zero attached hydrogens (tertiary/aromatic N) is 5. The van der Waals surface area contributed by atoms with E-state index in [0.717, 1.165) is 44.1 Å². The number of allylic oxidation sites excluding steroid dienone is 1. The van der Waals surface area contributed by atoms with Gasteiger partial charge in [0.2, 0.25) is 11.8 Å². The SMILES string of the molecule is COc1ccc(-c2nn([C@@H]3C[C@H]4C(=O)N[C@]5(C(=O)NS(=O)(=O)c6ccc(Cl)cc6)C[C@H]5/C=C/CCCCC[C@@H](NC(=O)OC5CCCC5)C(=O)N4C3)nc2-c2nccs2)cc1. The van der Waals surface area contributed by atoms with E-state index in [1.165, 1.54) is 45.3 Å². The number of carbonyl (C=O) groups is 4. The maximum absolute atomic E-state index is 14.8. The number of fused-ring (bicyclic) bond motifs is 2. The third kappa shape index (κ3) is 9.30. The fourth-order valence-electron chi connectivity index (χ4n) is 8.40. The van der Waals surface area contributed by atoms with Crippen molar-refractivity contribution in [1.82, 2.24) is 40.2 Å². The molecule has 0 spiro atoms. The largest absolute Gasteiger partial charge is 0.497 e. The van der Waals surface area contributed by atoms with Crippen LogP contribution in [0.2, 0.25) is 5.02 Å². The summed E-state index contributed by atoms with van der Waals surface area (Å²) in [6.07, 6.45) is 11.2. The molecule has 16 nitrogen and oxygen atoms in total. The van der Waals surface area contributed by atoms with E-state index < -0.39 is 63.4 Å². The number of aromatic nitrogens is 4. The van der Waals surface area contributed by atoms with Gasteiger partial charge in [0.25, 0.3) is 15.9 Å². The predicted octanol–water partition coefficient (Wildman–Crippen LogP) is 5.81. The van der Waals surface area contributed by atoms with Crippen LogP contribution in [-0.4, -0.2) is 94.5 Å². The van der Waals surface area contributed by atoms with E-state index in [4.69, 9.17) is 31.3 Å². The first-order chi connectivity index (χ1) is 29.4. The average molecular weight is 891 g/mol. The van der Waals surface area contributed by atoms with Crippen LogP contribution in [-0.2, 0) is 29.1 Å². The highest BCUT2D eigenvalue weighted by atomic mass is 35.5. The highest BCUT2D eigenvalue weighted by Gasteiger charge is 2.61. The summed E-state index contributed by atoms with van der Waals surface area (Å²) in [4.78, 5) is 64.1. The molecule has 4 amide bonds. The van der Waals surface area contributed by atoms with E-state index in [-0.39, 0.29) is 30.4 Å². The van der Waals surface area contributed by atoms with Gasteiger partial charge in [-0.25, -0.2) is 22.9 Å². The lowest BCUT2D eigenvalue weighted by molar-refractivity contribution is -0.141. The van der Waals surface area contributed by atoms with E-state index in [0.29, 0.717) is 46.4 Å². The molecule has 4 aromatic rings. The molecule has 2 aromatic heterocycles. The lowest BCUT2D eigenvalue weighted by atomic mass is 10.0. The minimum Gasteiger partial charge on any atom is -0.497 e. The van der Waals surface area contributed by atoms with E-state index in [2.05, 4.69) is 20.3 Å². The molecular weight excluding hydrogens is 844 g/mol. The highest BCUT2D eigenvalue weighted by Crippen LogP contribution is 2.46. The van der Waals surface area contributed by atoms with Gasteiger partial charge in [0.1, 0.15) is 45.9 Å². The maximum atomic E-state index is 14.8. The third-order valence-corrected chi connectivity index (χ3v) is 14.2. The van der Waals surface area contributed by atoms with Crippen molar-refractivity contribution in [3.05, 3.63) is 77.3 Å². The Kier molecular flexibility index (Phi) is 12.5. The fourth-order valence-corrected chi connectivity index (χ4v) is 10.2. The number of alkyl carbamates (subject to hydrolysis) is 1. The number of ether oxygens (including phenoxy) is 2. The number of halogens is 1. The molecular formula is C42H47ClN8O8S2. The molecule has 19 heteroatoms. The van der Waals surface area contributed by atoms with Crippen LogP contribution in [0.4, 0.5) is 4.79 Å². The molecule has 4 heterocycles. The molecule has 5 atom stereocenters. The van der Waals surface area contributed by atoms with Gasteiger partial charge in [0, 0.05) is 41.0 Å². The molecule has 2 saturated carbocycles. The molecule has 4 aliphatic rings. The summed E-state index contributed by atoms with van der Waals surface area (Å²) in [5.74, 6) is -1.89. The topological polar surface area (TPSA) is 204 Å². The van der Waals surface area contributed by atoms with Gasteiger partial charge in [0.05, 0.1) is 18.0 Å². The van der Waals surface area contributed by atoms with E-state index in [1.54, 1.807) is 13.3 Å². The summed E-state index contributed by atoms with van der Waals surface area (Å²) in [5.41, 5.74) is 0.182. The Hall–Kier alpha value is -5.33. The number of methoxy groups -OCH3 is 1. The van der Waals surface area contributed by atoms with Crippen molar-refractivity contribution in [2.24, 2.45) is 5.92 Å². The maximum Gasteiger partial charge on any atom is 0.408 e. The lowest BCUT2D eigenvalue weighted by Crippen LogP contribution is -2.58. The normalized spacial score (nSPS) is 25.3. The molecule has 1 saturated heterocycles. The van der Waals surface area contributed by atoms with Gasteiger partial charge >= 0.3 is 6.09 Å². The molecule has 2 aliphatic carbocycles. The molecule has 2 aliphatic heterocycles. The minimum absolute atomic E-state index is 0.00567. The van der Waals surface area contributed by atoms with Crippen LogP contribution in [0.5, 0.6) is 5.75 Å². The predicted molar refractivity (Wildman–Crippen MR) is 226 cm³/mol. The Bertz CT molecular complexity index is 2390. The van der Waals surface area contributed by atoms with Crippen LogP contribution in [0.3, 0.4) is 0 Å². The number of sulfonamides is 1. The van der Waals surface area contributed by atoms with Crippen molar-refractivity contribution < 1.29 is 37.1 Å². The number of amides is 4. The van der Waals surface area contributed by atoms with Gasteiger partial charge in [-0.2, -0.15) is 9.90 Å². The number of hydrogen-bond donors (Lipinski definition) is 3. The van der Waals surface area contributed by atoms with Crippen LogP contribution < -0.4 is 20.1 Å². The van der Waals surface area contributed by atoms with Crippen molar-refractivity contribution in [3.8, 4) is 27.7 Å². The number of nitrogens with one attached hydrogen (secondary N) is 3. The highest BCUT2D eigenvalue weighted by molar-refractivity contribution is 7.90. The number of benzene rings is 2. The number of carbonyl (C=O) groups excluding carboxylic acids is 4. The summed E-state index contributed by atoms with van der Waals surface area (Å²) >= 11 is 7.38. The Morgan fingerprint density at radius 2 is 1.70 bits per heavy atom. The molecule has 322 valence electrons. The fraction of sp³-hybridized carbons (Fsp3) is 0.452. The number of rotatable bonds is 9. The average Bonchev–Trinajstić information content (AvgIpc) is 3.90. The summed E-state index contributed by atoms with van der Waals surface area (Å²) < 4.78 is 40.1. The van der Waals surface area contributed by atoms with E-state index in [9.17, 15) is 27.6 Å². The third-order valence-electron chi connectivity index (χ3n) is 11.8. The molecule has 0 unspecified atom stereocenters. The van der Waals surface area contributed by atoms with Crippen molar-refractivity contribution in [1.29, 1.82) is 0 Å². The molecule has 61 heavy (non-hydrogen) atoms. The minimum atomic E-state index is -4.35. The summed E-state index contributed by atoms with van der Waals surface area (Å²) in [6.45, 7) is -0.00567. The van der Waals surface area contributed by atoms with Crippen LogP contribution in [0.15, 0.2) is 77.2 Å². The first-order valence-corrected chi connectivity index (χ1v) is 23.3. The molecule has 8 rings (SSSR count). The van der Waals surface area contributed by atoms with Gasteiger partial charge in [-0.1, -0.05) is 36.6 Å². The first kappa shape index (κ1) is 42.4. The zero-order valence-electron chi connectivity index (χ0n) is 33.5. The molecule has 3 fully saturated rings. The Morgan fingerprint density at radius 1 is 0.967 bits per heavy atom. The van der Waals surface area contributed by atoms with Crippen molar-refractivity contribution in [2.45, 2.75) is 105 Å². The zero-order chi connectivity index (χ0) is 42.7. The zero-order valence-corrected chi connectivity index (χ0v) is 35.9. The monoisotopic (exact) mass is 890 g/mol. The summed E-state index contributed by atoms with van der Waals surface area (Å²) in [7, 11) is -2.77. The second kappa shape index (κ2) is 17.9. The van der Waals surface area contributed by atoms with Crippen LogP contribution in [0.1, 0.15) is 76.7 Å². The van der Waals surface area contributed by atoms with Gasteiger partial charge in [-0.05, 0) is 99.9 Å². The Balaban J connectivity index is 1.13. The van der Waals surface area contributed by atoms with Crippen LogP contribution >= 0.6 is 22.9 Å². The van der Waals surface area contributed by atoms with Crippen LogP contribution in [0, 0.1) is 5.92 Å². The van der Waals surface area contributed by atoms with Crippen molar-refractivity contribution in [3.63, 3.8) is 0 Å². The van der Waals surface area contributed by atoms with Crippen molar-refractivity contribution in [2.75, 3.05) is 13.7 Å². The Labute approximate surface area is 362 Å². The molecule has 3 N–H and O–H groups in total. The summed E-state index contributed by atoms with van der Waals surface area (Å²) in [5, 5.41) is 18.3. The Morgan fingerprint density at radius 3 is 2.43 bits per heavy atom. The van der Waals surface area contributed by atoms with E-state index >= 15 is 0 Å². The smallest absolute Gasteiger partial charge is 0.408 e. The molecule has 2 aromatic carbocycles. The second-order valence-electron chi connectivity index (χ2n) is 15.9. The number of hydrogen-bond acceptors (Lipinski definition) is 12. The van der Waals surface area contributed by atoms with Gasteiger partial charge in [0.15, 0.2) is 0 Å². The van der Waals surface area contributed by atoms with Gasteiger partial charge < -0.3 is 25.0 Å². The number of thiazole rings is 1. The van der Waals surface area contributed by atoms with E-state index in [1.807, 2.05) is 41.8 Å². The lowest BCUT2D eigenvalue weighted by Gasteiger charge is -2.30. The van der Waals surface area contributed by atoms with Gasteiger partial charge in [-0.3, -0.25) is 14.4 Å². The van der Waals surface area contributed by atoms with Crippen LogP contribution in [0.25, 0.3) is 22.0 Å². The molecule has 0 bridgehead atoms. The second-order valence-corrected chi connectivity index (χ2v) is 18.9. The standard InChI is InChI=1S/C42H47ClN8O8S2/c1-58-30-17-13-26(14-18-30)35-36(38-44-21-22-60-38)48-51(47-35)29-23-34-37(52)46-42(40(54)49-61(56,57)32-19-15-28(43)16-20-32)24-27(42)9-5-3-2-4-6-12-33(39(53)50(34)25-29)45-41(55)59-31-10-7-8-11-31/h5,9,13-22,27,29,31,33-34H,2-4,6-8,10-12,23-25H2,1H3,(H,45,55)(H,46,52)(H,49,54)/b9-5+/t27-,29-,33-,34+,42-/m1/s1. The first-order valence-electron chi connectivity index (χ1n) is 20.5. The molecule has 0 radical (unpaired) electrons. The van der Waals surface area contributed by atoms with Gasteiger partial charge in [-0.15, -0.1) is 16.4 Å². The van der Waals surface area contributed by atoms with Crippen molar-refractivity contribution >= 4 is 56.8 Å². The quantitative estimate of drug-likeness (QED) is 0.171.